The minimum absolute atomic E-state index is 0.279. The minimum Gasteiger partial charge on any atom is -0.359 e. The molecule has 0 bridgehead atoms. The number of likely N-dealkylation sites (N-methyl/N-ethyl adjacent to an activating group) is 1. The van der Waals surface area contributed by atoms with Crippen molar-refractivity contribution >= 4 is 28.9 Å². The molecule has 0 unspecified atom stereocenters. The van der Waals surface area contributed by atoms with E-state index in [1.165, 1.54) is 29.2 Å². The average molecular weight is 349 g/mol. The lowest BCUT2D eigenvalue weighted by Crippen LogP contribution is -3.12. The van der Waals surface area contributed by atoms with E-state index in [0.717, 1.165) is 31.9 Å². The van der Waals surface area contributed by atoms with Crippen molar-refractivity contribution in [2.45, 2.75) is 0 Å². The summed E-state index contributed by atoms with van der Waals surface area (Å²) in [4.78, 5) is 16.2. The van der Waals surface area contributed by atoms with Gasteiger partial charge in [-0.05, 0) is 42.5 Å². The van der Waals surface area contributed by atoms with Crippen LogP contribution in [0.15, 0.2) is 42.5 Å². The number of benzene rings is 2. The van der Waals surface area contributed by atoms with Gasteiger partial charge >= 0.3 is 0 Å². The third-order valence-corrected chi connectivity index (χ3v) is 4.51. The van der Waals surface area contributed by atoms with Crippen molar-refractivity contribution in [3.63, 3.8) is 0 Å². The van der Waals surface area contributed by atoms with Crippen molar-refractivity contribution in [1.29, 1.82) is 0 Å². The highest BCUT2D eigenvalue weighted by Gasteiger charge is 2.20. The van der Waals surface area contributed by atoms with Gasteiger partial charge in [0.25, 0.3) is 5.91 Å². The summed E-state index contributed by atoms with van der Waals surface area (Å²) < 4.78 is 13.0. The van der Waals surface area contributed by atoms with E-state index in [-0.39, 0.29) is 11.7 Å². The molecule has 2 aromatic rings. The maximum atomic E-state index is 13.0. The molecule has 1 aliphatic rings. The zero-order chi connectivity index (χ0) is 17.1. The Morgan fingerprint density at radius 3 is 2.50 bits per heavy atom. The van der Waals surface area contributed by atoms with Gasteiger partial charge in [0.05, 0.1) is 44.6 Å². The van der Waals surface area contributed by atoms with Crippen molar-refractivity contribution < 1.29 is 14.1 Å². The largest absolute Gasteiger partial charge is 0.359 e. The first-order valence-electron chi connectivity index (χ1n) is 7.95. The smallest absolute Gasteiger partial charge is 0.255 e. The third kappa shape index (κ3) is 3.86. The Morgan fingerprint density at radius 1 is 1.17 bits per heavy atom. The van der Waals surface area contributed by atoms with Crippen LogP contribution in [-0.2, 0) is 0 Å². The number of amides is 1. The van der Waals surface area contributed by atoms with Gasteiger partial charge in [0.2, 0.25) is 0 Å². The van der Waals surface area contributed by atoms with Crippen molar-refractivity contribution in [3.05, 3.63) is 58.9 Å². The second kappa shape index (κ2) is 7.20. The summed E-state index contributed by atoms with van der Waals surface area (Å²) in [5.41, 5.74) is 2.05. The lowest BCUT2D eigenvalue weighted by atomic mass is 10.1. The summed E-state index contributed by atoms with van der Waals surface area (Å²) >= 11 is 6.11. The van der Waals surface area contributed by atoms with Gasteiger partial charge in [0.1, 0.15) is 5.82 Å². The van der Waals surface area contributed by atoms with Crippen LogP contribution in [0.2, 0.25) is 5.02 Å². The van der Waals surface area contributed by atoms with E-state index in [2.05, 4.69) is 17.3 Å². The SMILES string of the molecule is C[NH+]1CCN(c2ccc(Cl)cc2NC(=O)c2ccc(F)cc2)CC1. The molecule has 0 spiro atoms. The van der Waals surface area contributed by atoms with Gasteiger partial charge in [-0.25, -0.2) is 4.39 Å². The normalized spacial score (nSPS) is 15.4. The highest BCUT2D eigenvalue weighted by Crippen LogP contribution is 2.29. The van der Waals surface area contributed by atoms with Gasteiger partial charge in [-0.3, -0.25) is 4.79 Å². The average Bonchev–Trinajstić information content (AvgIpc) is 2.57. The predicted octanol–water partition coefficient (Wildman–Crippen LogP) is 2.07. The quantitative estimate of drug-likeness (QED) is 0.891. The summed E-state index contributed by atoms with van der Waals surface area (Å²) in [5.74, 6) is -0.645. The summed E-state index contributed by atoms with van der Waals surface area (Å²) in [6, 6.07) is 11.0. The molecule has 1 amide bonds. The first kappa shape index (κ1) is 16.7. The molecule has 6 heteroatoms. The zero-order valence-electron chi connectivity index (χ0n) is 13.5. The van der Waals surface area contributed by atoms with Crippen molar-refractivity contribution in [1.82, 2.24) is 0 Å². The number of carbonyl (C=O) groups excluding carboxylic acids is 1. The molecule has 1 heterocycles. The van der Waals surface area contributed by atoms with Crippen LogP contribution in [0.25, 0.3) is 0 Å². The molecule has 0 aliphatic carbocycles. The minimum atomic E-state index is -0.366. The number of halogens is 2. The van der Waals surface area contributed by atoms with Crippen LogP contribution >= 0.6 is 11.6 Å². The van der Waals surface area contributed by atoms with Crippen LogP contribution in [0.3, 0.4) is 0 Å². The lowest BCUT2D eigenvalue weighted by Gasteiger charge is -2.33. The molecule has 0 saturated carbocycles. The summed E-state index contributed by atoms with van der Waals surface area (Å²) in [5, 5.41) is 3.46. The summed E-state index contributed by atoms with van der Waals surface area (Å²) in [6.07, 6.45) is 0. The van der Waals surface area contributed by atoms with Crippen LogP contribution in [0.4, 0.5) is 15.8 Å². The molecule has 2 N–H and O–H groups in total. The highest BCUT2D eigenvalue weighted by atomic mass is 35.5. The maximum Gasteiger partial charge on any atom is 0.255 e. The summed E-state index contributed by atoms with van der Waals surface area (Å²) in [7, 11) is 2.18. The number of piperazine rings is 1. The number of anilines is 2. The van der Waals surface area contributed by atoms with E-state index in [4.69, 9.17) is 11.6 Å². The van der Waals surface area contributed by atoms with E-state index in [1.54, 1.807) is 6.07 Å². The topological polar surface area (TPSA) is 36.8 Å². The van der Waals surface area contributed by atoms with E-state index in [0.29, 0.717) is 16.3 Å². The Balaban J connectivity index is 1.82. The molecule has 1 aliphatic heterocycles. The molecular weight excluding hydrogens is 329 g/mol. The van der Waals surface area contributed by atoms with Crippen molar-refractivity contribution in [3.8, 4) is 0 Å². The lowest BCUT2D eigenvalue weighted by molar-refractivity contribution is -0.880. The Bertz CT molecular complexity index is 728. The highest BCUT2D eigenvalue weighted by molar-refractivity contribution is 6.31. The van der Waals surface area contributed by atoms with E-state index < -0.39 is 0 Å². The fourth-order valence-electron chi connectivity index (χ4n) is 2.81. The molecule has 0 atom stereocenters. The van der Waals surface area contributed by atoms with Crippen LogP contribution in [0.1, 0.15) is 10.4 Å². The van der Waals surface area contributed by atoms with Crippen molar-refractivity contribution in [2.75, 3.05) is 43.4 Å². The second-order valence-electron chi connectivity index (χ2n) is 6.07. The molecule has 0 radical (unpaired) electrons. The first-order valence-corrected chi connectivity index (χ1v) is 8.33. The van der Waals surface area contributed by atoms with Gasteiger partial charge < -0.3 is 15.1 Å². The monoisotopic (exact) mass is 348 g/mol. The molecule has 3 rings (SSSR count). The van der Waals surface area contributed by atoms with Crippen LogP contribution < -0.4 is 15.1 Å². The molecule has 1 fully saturated rings. The Hall–Kier alpha value is -2.11. The number of hydrogen-bond acceptors (Lipinski definition) is 2. The fourth-order valence-corrected chi connectivity index (χ4v) is 2.98. The third-order valence-electron chi connectivity index (χ3n) is 4.27. The van der Waals surface area contributed by atoms with E-state index in [1.807, 2.05) is 12.1 Å². The number of carbonyl (C=O) groups is 1. The predicted molar refractivity (Wildman–Crippen MR) is 94.6 cm³/mol. The van der Waals surface area contributed by atoms with Gasteiger partial charge in [-0.2, -0.15) is 0 Å². The van der Waals surface area contributed by atoms with Crippen LogP contribution in [0.5, 0.6) is 0 Å². The van der Waals surface area contributed by atoms with E-state index in [9.17, 15) is 9.18 Å². The molecule has 4 nitrogen and oxygen atoms in total. The number of nitrogens with one attached hydrogen (secondary N) is 2. The standard InChI is InChI=1S/C18H19ClFN3O/c1-22-8-10-23(11-9-22)17-7-4-14(19)12-16(17)21-18(24)13-2-5-15(20)6-3-13/h2-7,12H,8-11H2,1H3,(H,21,24)/p+1. The molecule has 126 valence electrons. The second-order valence-corrected chi connectivity index (χ2v) is 6.50. The van der Waals surface area contributed by atoms with Gasteiger partial charge in [0, 0.05) is 10.6 Å². The van der Waals surface area contributed by atoms with Crippen molar-refractivity contribution in [2.24, 2.45) is 0 Å². The Labute approximate surface area is 145 Å². The van der Waals surface area contributed by atoms with Gasteiger partial charge in [-0.15, -0.1) is 0 Å². The first-order chi connectivity index (χ1) is 11.5. The van der Waals surface area contributed by atoms with Crippen LogP contribution in [-0.4, -0.2) is 39.1 Å². The van der Waals surface area contributed by atoms with Gasteiger partial charge in [0.15, 0.2) is 0 Å². The fraction of sp³-hybridized carbons (Fsp3) is 0.278. The van der Waals surface area contributed by atoms with Crippen LogP contribution in [0, 0.1) is 5.82 Å². The van der Waals surface area contributed by atoms with E-state index >= 15 is 0 Å². The molecule has 2 aromatic carbocycles. The number of hydrogen-bond donors (Lipinski definition) is 2. The number of quaternary nitrogens is 1. The molecule has 0 aromatic heterocycles. The maximum absolute atomic E-state index is 13.0. The molecule has 1 saturated heterocycles. The Morgan fingerprint density at radius 2 is 1.83 bits per heavy atom. The zero-order valence-corrected chi connectivity index (χ0v) is 14.2. The Kier molecular flexibility index (Phi) is 5.02. The molecular formula is C18H20ClFN3O+. The number of nitrogens with zero attached hydrogens (tertiary/aromatic N) is 1. The number of rotatable bonds is 3. The summed E-state index contributed by atoms with van der Waals surface area (Å²) in [6.45, 7) is 3.95. The molecule has 24 heavy (non-hydrogen) atoms. The van der Waals surface area contributed by atoms with Gasteiger partial charge in [-0.1, -0.05) is 11.6 Å².